The molecule has 4 rings (SSSR count). The Morgan fingerprint density at radius 2 is 2.11 bits per heavy atom. The first-order valence-corrected chi connectivity index (χ1v) is 9.42. The number of amides is 1. The zero-order valence-corrected chi connectivity index (χ0v) is 15.8. The maximum absolute atomic E-state index is 12.4. The van der Waals surface area contributed by atoms with Gasteiger partial charge in [-0.1, -0.05) is 0 Å². The van der Waals surface area contributed by atoms with Crippen LogP contribution in [0.25, 0.3) is 16.3 Å². The average molecular weight is 378 g/mol. The fourth-order valence-corrected chi connectivity index (χ4v) is 3.66. The van der Waals surface area contributed by atoms with E-state index in [-0.39, 0.29) is 18.4 Å². The molecule has 7 nitrogen and oxygen atoms in total. The van der Waals surface area contributed by atoms with Crippen molar-refractivity contribution in [1.82, 2.24) is 29.7 Å². The summed E-state index contributed by atoms with van der Waals surface area (Å²) in [5.74, 6) is 0.570. The topological polar surface area (TPSA) is 85.1 Å². The van der Waals surface area contributed by atoms with Gasteiger partial charge in [-0.3, -0.25) is 14.2 Å². The maximum atomic E-state index is 12.4. The van der Waals surface area contributed by atoms with Crippen LogP contribution in [0.5, 0.6) is 0 Å². The summed E-state index contributed by atoms with van der Waals surface area (Å²) in [6.45, 7) is 3.86. The van der Waals surface area contributed by atoms with Gasteiger partial charge in [0.05, 0.1) is 18.2 Å². The number of pyridine rings is 1. The molecule has 0 spiro atoms. The van der Waals surface area contributed by atoms with Crippen LogP contribution >= 0.6 is 11.3 Å². The van der Waals surface area contributed by atoms with Crippen molar-refractivity contribution in [2.45, 2.75) is 26.3 Å². The van der Waals surface area contributed by atoms with Gasteiger partial charge < -0.3 is 5.32 Å². The molecule has 0 aliphatic carbocycles. The van der Waals surface area contributed by atoms with Crippen LogP contribution in [0.3, 0.4) is 0 Å². The first kappa shape index (κ1) is 17.3. The number of nitrogens with one attached hydrogen (secondary N) is 1. The highest BCUT2D eigenvalue weighted by molar-refractivity contribution is 7.15. The van der Waals surface area contributed by atoms with E-state index in [0.717, 1.165) is 27.5 Å². The van der Waals surface area contributed by atoms with Gasteiger partial charge in [0, 0.05) is 53.2 Å². The molecule has 4 aromatic heterocycles. The van der Waals surface area contributed by atoms with Crippen molar-refractivity contribution in [2.75, 3.05) is 0 Å². The number of thiazole rings is 1. The SMILES string of the molecule is Cc1nc(-c2ccncc2)ncc1[C@@H](C)NC(=O)Cc1cn2ccsc2n1. The van der Waals surface area contributed by atoms with Crippen LogP contribution in [0.15, 0.2) is 48.5 Å². The lowest BCUT2D eigenvalue weighted by Gasteiger charge is -2.16. The van der Waals surface area contributed by atoms with E-state index in [1.165, 1.54) is 0 Å². The predicted molar refractivity (Wildman–Crippen MR) is 103 cm³/mol. The van der Waals surface area contributed by atoms with E-state index in [4.69, 9.17) is 0 Å². The third-order valence-corrected chi connectivity index (χ3v) is 5.06. The number of carbonyl (C=O) groups is 1. The number of aromatic nitrogens is 5. The summed E-state index contributed by atoms with van der Waals surface area (Å²) in [5, 5.41) is 4.97. The Kier molecular flexibility index (Phi) is 4.64. The highest BCUT2D eigenvalue weighted by atomic mass is 32.1. The number of hydrogen-bond donors (Lipinski definition) is 1. The summed E-state index contributed by atoms with van der Waals surface area (Å²) >= 11 is 1.55. The minimum Gasteiger partial charge on any atom is -0.349 e. The number of rotatable bonds is 5. The van der Waals surface area contributed by atoms with Crippen LogP contribution in [0.1, 0.15) is 29.9 Å². The Bertz CT molecular complexity index is 1060. The molecule has 0 aliphatic heterocycles. The molecule has 0 fully saturated rings. The number of nitrogens with zero attached hydrogens (tertiary/aromatic N) is 5. The molecule has 4 heterocycles. The molecule has 1 atom stereocenters. The third kappa shape index (κ3) is 3.70. The summed E-state index contributed by atoms with van der Waals surface area (Å²) in [4.78, 5) is 30.7. The zero-order chi connectivity index (χ0) is 18.8. The van der Waals surface area contributed by atoms with Crippen molar-refractivity contribution in [3.63, 3.8) is 0 Å². The molecule has 0 unspecified atom stereocenters. The van der Waals surface area contributed by atoms with Gasteiger partial charge in [0.25, 0.3) is 0 Å². The summed E-state index contributed by atoms with van der Waals surface area (Å²) < 4.78 is 1.92. The monoisotopic (exact) mass is 378 g/mol. The van der Waals surface area contributed by atoms with Crippen molar-refractivity contribution < 1.29 is 4.79 Å². The minimum atomic E-state index is -0.187. The summed E-state index contributed by atoms with van der Waals surface area (Å²) in [5.41, 5.74) is 3.41. The van der Waals surface area contributed by atoms with E-state index in [2.05, 4.69) is 25.3 Å². The van der Waals surface area contributed by atoms with Crippen molar-refractivity contribution in [2.24, 2.45) is 0 Å². The molecule has 1 amide bonds. The molecule has 1 N–H and O–H groups in total. The number of aryl methyl sites for hydroxylation is 1. The van der Waals surface area contributed by atoms with Crippen LogP contribution in [-0.4, -0.2) is 30.2 Å². The Morgan fingerprint density at radius 1 is 1.30 bits per heavy atom. The van der Waals surface area contributed by atoms with Crippen LogP contribution < -0.4 is 5.32 Å². The normalized spacial score (nSPS) is 12.2. The molecule has 0 aliphatic rings. The first-order valence-electron chi connectivity index (χ1n) is 8.54. The van der Waals surface area contributed by atoms with Crippen LogP contribution in [-0.2, 0) is 11.2 Å². The molecular weight excluding hydrogens is 360 g/mol. The van der Waals surface area contributed by atoms with Gasteiger partial charge in [0.2, 0.25) is 5.91 Å². The molecule has 0 saturated carbocycles. The first-order chi connectivity index (χ1) is 13.1. The number of carbonyl (C=O) groups excluding carboxylic acids is 1. The lowest BCUT2D eigenvalue weighted by Crippen LogP contribution is -2.29. The highest BCUT2D eigenvalue weighted by Crippen LogP contribution is 2.19. The van der Waals surface area contributed by atoms with Gasteiger partial charge in [0.15, 0.2) is 10.8 Å². The van der Waals surface area contributed by atoms with Gasteiger partial charge in [-0.05, 0) is 26.0 Å². The standard InChI is InChI=1S/C19H18N6OS/c1-12(22-17(26)9-15-11-25-7-8-27-19(25)24-15)16-10-21-18(23-13(16)2)14-3-5-20-6-4-14/h3-8,10-12H,9H2,1-2H3,(H,22,26)/t12-/m1/s1. The molecule has 8 heteroatoms. The van der Waals surface area contributed by atoms with Gasteiger partial charge >= 0.3 is 0 Å². The van der Waals surface area contributed by atoms with E-state index < -0.39 is 0 Å². The van der Waals surface area contributed by atoms with E-state index >= 15 is 0 Å². The van der Waals surface area contributed by atoms with Crippen molar-refractivity contribution in [3.05, 3.63) is 65.4 Å². The highest BCUT2D eigenvalue weighted by Gasteiger charge is 2.16. The predicted octanol–water partition coefficient (Wildman–Crippen LogP) is 2.98. The van der Waals surface area contributed by atoms with Crippen molar-refractivity contribution >= 4 is 22.2 Å². The van der Waals surface area contributed by atoms with Gasteiger partial charge in [0.1, 0.15) is 0 Å². The number of fused-ring (bicyclic) bond motifs is 1. The molecule has 0 radical (unpaired) electrons. The molecule has 0 bridgehead atoms. The van der Waals surface area contributed by atoms with Crippen LogP contribution in [0, 0.1) is 6.92 Å². The molecule has 136 valence electrons. The summed E-state index contributed by atoms with van der Waals surface area (Å²) in [6, 6.07) is 3.55. The second kappa shape index (κ2) is 7.24. The van der Waals surface area contributed by atoms with Gasteiger partial charge in [-0.15, -0.1) is 11.3 Å². The van der Waals surface area contributed by atoms with E-state index in [1.807, 2.05) is 48.2 Å². The van der Waals surface area contributed by atoms with Gasteiger partial charge in [-0.25, -0.2) is 15.0 Å². The summed E-state index contributed by atoms with van der Waals surface area (Å²) in [7, 11) is 0. The van der Waals surface area contributed by atoms with E-state index in [1.54, 1.807) is 29.9 Å². The quantitative estimate of drug-likeness (QED) is 0.577. The summed E-state index contributed by atoms with van der Waals surface area (Å²) in [6.07, 6.45) is 9.26. The second-order valence-corrected chi connectivity index (χ2v) is 7.13. The van der Waals surface area contributed by atoms with Crippen molar-refractivity contribution in [3.8, 4) is 11.4 Å². The largest absolute Gasteiger partial charge is 0.349 e. The molecular formula is C19H18N6OS. The lowest BCUT2D eigenvalue weighted by atomic mass is 10.1. The lowest BCUT2D eigenvalue weighted by molar-refractivity contribution is -0.121. The maximum Gasteiger partial charge on any atom is 0.226 e. The fraction of sp³-hybridized carbons (Fsp3) is 0.211. The van der Waals surface area contributed by atoms with E-state index in [9.17, 15) is 4.79 Å². The third-order valence-electron chi connectivity index (χ3n) is 4.28. The van der Waals surface area contributed by atoms with E-state index in [0.29, 0.717) is 5.82 Å². The Balaban J connectivity index is 1.45. The van der Waals surface area contributed by atoms with Gasteiger partial charge in [-0.2, -0.15) is 0 Å². The average Bonchev–Trinajstić information content (AvgIpc) is 3.23. The van der Waals surface area contributed by atoms with Crippen LogP contribution in [0.2, 0.25) is 0 Å². The molecule has 4 aromatic rings. The van der Waals surface area contributed by atoms with Crippen LogP contribution in [0.4, 0.5) is 0 Å². The minimum absolute atomic E-state index is 0.0779. The molecule has 27 heavy (non-hydrogen) atoms. The second-order valence-electron chi connectivity index (χ2n) is 6.26. The smallest absolute Gasteiger partial charge is 0.226 e. The Hall–Kier alpha value is -3.13. The number of imidazole rings is 1. The Labute approximate surface area is 160 Å². The Morgan fingerprint density at radius 3 is 2.85 bits per heavy atom. The molecule has 0 saturated heterocycles. The number of hydrogen-bond acceptors (Lipinski definition) is 6. The zero-order valence-electron chi connectivity index (χ0n) is 15.0. The van der Waals surface area contributed by atoms with Crippen molar-refractivity contribution in [1.29, 1.82) is 0 Å². The fourth-order valence-electron chi connectivity index (χ4n) is 2.94. The molecule has 0 aromatic carbocycles.